The Morgan fingerprint density at radius 1 is 1.10 bits per heavy atom. The third-order valence-electron chi connectivity index (χ3n) is 5.38. The third kappa shape index (κ3) is 4.90. The number of amides is 1. The smallest absolute Gasteiger partial charge is 0.241 e. The van der Waals surface area contributed by atoms with Gasteiger partial charge in [0.05, 0.1) is 6.54 Å². The molecule has 1 amide bonds. The van der Waals surface area contributed by atoms with Gasteiger partial charge in [0.1, 0.15) is 0 Å². The molecule has 1 saturated heterocycles. The number of anilines is 1. The number of hydrogen-bond acceptors (Lipinski definition) is 5. The maximum atomic E-state index is 12.5. The molecule has 4 rings (SSSR count). The Labute approximate surface area is 170 Å². The van der Waals surface area contributed by atoms with Gasteiger partial charge in [-0.3, -0.25) is 9.69 Å². The monoisotopic (exact) mass is 390 g/mol. The number of hydrogen-bond donors (Lipinski definition) is 1. The highest BCUT2D eigenvalue weighted by Crippen LogP contribution is 2.22. The summed E-state index contributed by atoms with van der Waals surface area (Å²) in [6.07, 6.45) is 1.66. The number of aryl methyl sites for hydroxylation is 2. The first-order valence-electron chi connectivity index (χ1n) is 10.1. The summed E-state index contributed by atoms with van der Waals surface area (Å²) in [5.41, 5.74) is 4.17. The van der Waals surface area contributed by atoms with Crippen LogP contribution in [-0.4, -0.2) is 34.0 Å². The van der Waals surface area contributed by atoms with E-state index in [-0.39, 0.29) is 11.8 Å². The second kappa shape index (κ2) is 8.57. The van der Waals surface area contributed by atoms with Crippen LogP contribution in [0.5, 0.6) is 0 Å². The fourth-order valence-corrected chi connectivity index (χ4v) is 3.65. The number of nitrogens with one attached hydrogen (secondary N) is 1. The molecule has 1 N–H and O–H groups in total. The minimum atomic E-state index is 0.0399. The van der Waals surface area contributed by atoms with Gasteiger partial charge < -0.3 is 9.84 Å². The average Bonchev–Trinajstić information content (AvgIpc) is 3.19. The summed E-state index contributed by atoms with van der Waals surface area (Å²) in [7, 11) is 0. The van der Waals surface area contributed by atoms with E-state index in [0.717, 1.165) is 37.2 Å². The molecule has 1 aromatic heterocycles. The van der Waals surface area contributed by atoms with Crippen LogP contribution in [0.15, 0.2) is 53.1 Å². The topological polar surface area (TPSA) is 71.3 Å². The highest BCUT2D eigenvalue weighted by atomic mass is 16.5. The number of aromatic nitrogens is 2. The zero-order chi connectivity index (χ0) is 20.2. The van der Waals surface area contributed by atoms with E-state index in [2.05, 4.69) is 20.4 Å². The second-order valence-electron chi connectivity index (χ2n) is 7.79. The summed E-state index contributed by atoms with van der Waals surface area (Å²) in [6.45, 7) is 6.38. The quantitative estimate of drug-likeness (QED) is 0.707. The molecule has 3 aromatic rings. The zero-order valence-electron chi connectivity index (χ0n) is 16.9. The van der Waals surface area contributed by atoms with E-state index in [1.165, 1.54) is 11.1 Å². The first-order chi connectivity index (χ1) is 14.1. The normalized spacial score (nSPS) is 15.4. The van der Waals surface area contributed by atoms with E-state index in [1.54, 1.807) is 0 Å². The van der Waals surface area contributed by atoms with Gasteiger partial charge in [0.15, 0.2) is 0 Å². The average molecular weight is 390 g/mol. The molecule has 0 atom stereocenters. The molecule has 6 heteroatoms. The molecule has 1 aliphatic rings. The number of carbonyl (C=O) groups is 1. The largest absolute Gasteiger partial charge is 0.338 e. The fraction of sp³-hybridized carbons (Fsp3) is 0.348. The number of piperidine rings is 1. The molecule has 6 nitrogen and oxygen atoms in total. The lowest BCUT2D eigenvalue weighted by Crippen LogP contribution is -2.37. The molecular weight excluding hydrogens is 364 g/mol. The summed E-state index contributed by atoms with van der Waals surface area (Å²) >= 11 is 0. The van der Waals surface area contributed by atoms with Crippen molar-refractivity contribution in [3.05, 3.63) is 65.5 Å². The molecular formula is C23H26N4O2. The van der Waals surface area contributed by atoms with Crippen LogP contribution < -0.4 is 5.32 Å². The minimum Gasteiger partial charge on any atom is -0.338 e. The van der Waals surface area contributed by atoms with Crippen molar-refractivity contribution in [3.8, 4) is 11.4 Å². The van der Waals surface area contributed by atoms with Crippen LogP contribution in [-0.2, 0) is 11.3 Å². The van der Waals surface area contributed by atoms with Gasteiger partial charge in [0, 0.05) is 17.2 Å². The predicted octanol–water partition coefficient (Wildman–Crippen LogP) is 4.20. The highest BCUT2D eigenvalue weighted by Gasteiger charge is 2.26. The van der Waals surface area contributed by atoms with Crippen molar-refractivity contribution in [2.45, 2.75) is 33.2 Å². The fourth-order valence-electron chi connectivity index (χ4n) is 3.65. The van der Waals surface area contributed by atoms with Crippen molar-refractivity contribution < 1.29 is 9.32 Å². The van der Waals surface area contributed by atoms with E-state index in [1.807, 2.05) is 62.4 Å². The Kier molecular flexibility index (Phi) is 5.71. The Bertz CT molecular complexity index is 973. The van der Waals surface area contributed by atoms with Crippen molar-refractivity contribution in [1.82, 2.24) is 15.0 Å². The lowest BCUT2D eigenvalue weighted by molar-refractivity contribution is -0.121. The molecule has 1 aliphatic heterocycles. The van der Waals surface area contributed by atoms with E-state index in [4.69, 9.17) is 4.52 Å². The zero-order valence-corrected chi connectivity index (χ0v) is 16.9. The lowest BCUT2D eigenvalue weighted by Gasteiger charge is -2.30. The Balaban J connectivity index is 1.29. The maximum absolute atomic E-state index is 12.5. The number of nitrogens with zero attached hydrogens (tertiary/aromatic N) is 3. The molecule has 0 saturated carbocycles. The van der Waals surface area contributed by atoms with Gasteiger partial charge in [-0.1, -0.05) is 46.6 Å². The highest BCUT2D eigenvalue weighted by molar-refractivity contribution is 5.92. The van der Waals surface area contributed by atoms with Crippen molar-refractivity contribution in [2.24, 2.45) is 5.92 Å². The molecule has 2 aromatic carbocycles. The molecule has 29 heavy (non-hydrogen) atoms. The van der Waals surface area contributed by atoms with Crippen LogP contribution in [0.4, 0.5) is 5.69 Å². The molecule has 0 spiro atoms. The van der Waals surface area contributed by atoms with Crippen LogP contribution in [0.3, 0.4) is 0 Å². The SMILES string of the molecule is Cc1ccc(NC(=O)C2CCN(Cc3nc(-c4cccc(C)c4)no3)CC2)cc1. The van der Waals surface area contributed by atoms with Crippen LogP contribution >= 0.6 is 0 Å². The molecule has 2 heterocycles. The van der Waals surface area contributed by atoms with Gasteiger partial charge in [-0.25, -0.2) is 0 Å². The van der Waals surface area contributed by atoms with Crippen LogP contribution in [0.2, 0.25) is 0 Å². The van der Waals surface area contributed by atoms with E-state index < -0.39 is 0 Å². The summed E-state index contributed by atoms with van der Waals surface area (Å²) in [5, 5.41) is 7.14. The summed E-state index contributed by atoms with van der Waals surface area (Å²) < 4.78 is 5.44. The standard InChI is InChI=1S/C23H26N4O2/c1-16-6-8-20(9-7-16)24-23(28)18-10-12-27(13-11-18)15-21-25-22(26-29-21)19-5-3-4-17(2)14-19/h3-9,14,18H,10-13,15H2,1-2H3,(H,24,28). The maximum Gasteiger partial charge on any atom is 0.241 e. The van der Waals surface area contributed by atoms with Crippen molar-refractivity contribution >= 4 is 11.6 Å². The molecule has 0 radical (unpaired) electrons. The molecule has 0 aliphatic carbocycles. The summed E-state index contributed by atoms with van der Waals surface area (Å²) in [6, 6.07) is 16.0. The molecule has 1 fully saturated rings. The Morgan fingerprint density at radius 3 is 2.59 bits per heavy atom. The molecule has 150 valence electrons. The number of carbonyl (C=O) groups excluding carboxylic acids is 1. The van der Waals surface area contributed by atoms with Crippen molar-refractivity contribution in [2.75, 3.05) is 18.4 Å². The van der Waals surface area contributed by atoms with Crippen LogP contribution in [0.25, 0.3) is 11.4 Å². The van der Waals surface area contributed by atoms with Crippen molar-refractivity contribution in [1.29, 1.82) is 0 Å². The van der Waals surface area contributed by atoms with E-state index in [0.29, 0.717) is 18.3 Å². The van der Waals surface area contributed by atoms with Crippen LogP contribution in [0, 0.1) is 19.8 Å². The van der Waals surface area contributed by atoms with E-state index >= 15 is 0 Å². The number of likely N-dealkylation sites (tertiary alicyclic amines) is 1. The number of benzene rings is 2. The minimum absolute atomic E-state index is 0.0399. The second-order valence-corrected chi connectivity index (χ2v) is 7.79. The third-order valence-corrected chi connectivity index (χ3v) is 5.38. The van der Waals surface area contributed by atoms with Gasteiger partial charge in [-0.2, -0.15) is 4.98 Å². The van der Waals surface area contributed by atoms with E-state index in [9.17, 15) is 4.79 Å². The Hall–Kier alpha value is -2.99. The lowest BCUT2D eigenvalue weighted by atomic mass is 9.96. The molecule has 0 bridgehead atoms. The van der Waals surface area contributed by atoms with Gasteiger partial charge in [-0.15, -0.1) is 0 Å². The van der Waals surface area contributed by atoms with Crippen molar-refractivity contribution in [3.63, 3.8) is 0 Å². The van der Waals surface area contributed by atoms with Gasteiger partial charge in [0.2, 0.25) is 17.6 Å². The first-order valence-corrected chi connectivity index (χ1v) is 10.1. The van der Waals surface area contributed by atoms with Gasteiger partial charge in [-0.05, 0) is 58.0 Å². The van der Waals surface area contributed by atoms with Gasteiger partial charge >= 0.3 is 0 Å². The number of rotatable bonds is 5. The first kappa shape index (κ1) is 19.3. The summed E-state index contributed by atoms with van der Waals surface area (Å²) in [4.78, 5) is 19.3. The summed E-state index contributed by atoms with van der Waals surface area (Å²) in [5.74, 6) is 1.38. The Morgan fingerprint density at radius 2 is 1.86 bits per heavy atom. The van der Waals surface area contributed by atoms with Crippen LogP contribution in [0.1, 0.15) is 29.9 Å². The molecule has 0 unspecified atom stereocenters. The van der Waals surface area contributed by atoms with Gasteiger partial charge in [0.25, 0.3) is 0 Å². The predicted molar refractivity (Wildman–Crippen MR) is 112 cm³/mol.